The zero-order chi connectivity index (χ0) is 22.8. The summed E-state index contributed by atoms with van der Waals surface area (Å²) in [4.78, 5) is 23.2. The summed E-state index contributed by atoms with van der Waals surface area (Å²) in [6, 6.07) is -1.30. The van der Waals surface area contributed by atoms with Gasteiger partial charge in [0.25, 0.3) is 6.29 Å². The summed E-state index contributed by atoms with van der Waals surface area (Å²) in [6.45, 7) is 1.61. The van der Waals surface area contributed by atoms with Crippen LogP contribution in [0.4, 0.5) is 0 Å². The van der Waals surface area contributed by atoms with Crippen LogP contribution in [0.15, 0.2) is 0 Å². The van der Waals surface area contributed by atoms with Crippen LogP contribution in [-0.2, 0) is 23.8 Å². The Morgan fingerprint density at radius 3 is 2.40 bits per heavy atom. The number of carbonyl (C=O) groups is 1. The number of ether oxygens (including phenoxy) is 3. The molecule has 1 amide bonds. The Balaban J connectivity index is 2.30. The van der Waals surface area contributed by atoms with Gasteiger partial charge in [-0.05, 0) is 6.92 Å². The smallest absolute Gasteiger partial charge is 0.263 e. The van der Waals surface area contributed by atoms with Crippen molar-refractivity contribution in [3.05, 3.63) is 0 Å². The molecule has 8 N–H and O–H groups in total. The van der Waals surface area contributed by atoms with Gasteiger partial charge in [0.15, 0.2) is 6.29 Å². The van der Waals surface area contributed by atoms with Crippen LogP contribution in [0.2, 0.25) is 0 Å². The lowest BCUT2D eigenvalue weighted by Gasteiger charge is -2.48. The van der Waals surface area contributed by atoms with Gasteiger partial charge in [-0.25, -0.2) is 0 Å². The van der Waals surface area contributed by atoms with Crippen molar-refractivity contribution in [1.82, 2.24) is 5.32 Å². The molecule has 173 valence electrons. The van der Waals surface area contributed by atoms with Gasteiger partial charge in [-0.1, -0.05) is 0 Å². The monoisotopic (exact) mass is 438 g/mol. The van der Waals surface area contributed by atoms with Gasteiger partial charge in [-0.2, -0.15) is 0 Å². The van der Waals surface area contributed by atoms with Crippen molar-refractivity contribution >= 4 is 12.2 Å². The van der Waals surface area contributed by atoms with Crippen molar-refractivity contribution in [2.24, 2.45) is 0 Å². The predicted octanol–water partition coefficient (Wildman–Crippen LogP) is -4.99. The van der Waals surface area contributed by atoms with Crippen LogP contribution < -0.4 is 5.32 Å². The number of hydrogen-bond acceptors (Lipinski definition) is 12. The summed E-state index contributed by atoms with van der Waals surface area (Å²) in [7, 11) is 0. The Bertz CT molecular complexity index is 607. The minimum atomic E-state index is -2.44. The highest BCUT2D eigenvalue weighted by Crippen LogP contribution is 2.35. The SMILES string of the molecule is CC(=O)N[C@H]1[C@H]([C@H](O)[C@H](O)CO)O[C@@]([C]=O)(OC2O[C@H](C)[C@H](O)[C@H](O)[C@H]2O)C[C@@H]1O. The average molecular weight is 438 g/mol. The first-order valence-corrected chi connectivity index (χ1v) is 9.33. The maximum Gasteiger partial charge on any atom is 0.263 e. The Hall–Kier alpha value is -1.26. The first-order valence-electron chi connectivity index (χ1n) is 9.33. The Kier molecular flexibility index (Phi) is 8.26. The molecule has 0 aromatic rings. The number of nitrogens with one attached hydrogen (secondary N) is 1. The van der Waals surface area contributed by atoms with Crippen molar-refractivity contribution < 1.29 is 59.5 Å². The summed E-state index contributed by atoms with van der Waals surface area (Å²) in [5, 5.41) is 71.8. The fraction of sp³-hybridized carbons (Fsp3) is 0.882. The van der Waals surface area contributed by atoms with Crippen LogP contribution in [0.5, 0.6) is 0 Å². The molecule has 2 saturated heterocycles. The van der Waals surface area contributed by atoms with Crippen LogP contribution in [0.25, 0.3) is 0 Å². The van der Waals surface area contributed by atoms with Gasteiger partial charge >= 0.3 is 0 Å². The normalized spacial score (nSPS) is 44.2. The van der Waals surface area contributed by atoms with Gasteiger partial charge in [-0.15, -0.1) is 0 Å². The minimum absolute atomic E-state index is 0.612. The summed E-state index contributed by atoms with van der Waals surface area (Å²) in [6.07, 6.45) is -13.7. The molecule has 30 heavy (non-hydrogen) atoms. The first kappa shape index (κ1) is 25.0. The zero-order valence-electron chi connectivity index (χ0n) is 16.4. The number of amides is 1. The van der Waals surface area contributed by atoms with Crippen molar-refractivity contribution in [3.8, 4) is 0 Å². The van der Waals surface area contributed by atoms with Gasteiger partial charge in [0.1, 0.15) is 36.6 Å². The third-order valence-corrected chi connectivity index (χ3v) is 5.13. The Morgan fingerprint density at radius 1 is 1.23 bits per heavy atom. The second-order valence-corrected chi connectivity index (χ2v) is 7.47. The lowest BCUT2D eigenvalue weighted by atomic mass is 9.89. The average Bonchev–Trinajstić information content (AvgIpc) is 2.70. The standard InChI is InChI=1S/C17H28NO12/c1-6-11(24)13(26)14(27)16(28-6)30-17(5-20)3-8(22)10(18-7(2)21)15(29-17)12(25)9(23)4-19/h6,8-16,19,22-27H,3-4H2,1-2H3,(H,18,21)/t6-,8+,9-,10-,11+,12-,13+,14-,15-,16?,17-/m1/s1. The van der Waals surface area contributed by atoms with Crippen LogP contribution in [0.3, 0.4) is 0 Å². The number of rotatable bonds is 7. The molecule has 0 spiro atoms. The van der Waals surface area contributed by atoms with Gasteiger partial charge in [0.05, 0.1) is 24.9 Å². The molecule has 2 aliphatic rings. The van der Waals surface area contributed by atoms with E-state index in [4.69, 9.17) is 19.3 Å². The highest BCUT2D eigenvalue weighted by molar-refractivity contribution is 5.73. The Morgan fingerprint density at radius 2 is 1.87 bits per heavy atom. The number of hydrogen-bond donors (Lipinski definition) is 8. The molecule has 1 radical (unpaired) electrons. The second-order valence-electron chi connectivity index (χ2n) is 7.47. The van der Waals surface area contributed by atoms with E-state index in [2.05, 4.69) is 5.32 Å². The van der Waals surface area contributed by atoms with Gasteiger partial charge in [0.2, 0.25) is 11.7 Å². The van der Waals surface area contributed by atoms with Crippen molar-refractivity contribution in [2.45, 2.75) is 87.2 Å². The van der Waals surface area contributed by atoms with E-state index >= 15 is 0 Å². The third-order valence-electron chi connectivity index (χ3n) is 5.13. The van der Waals surface area contributed by atoms with E-state index in [1.165, 1.54) is 13.2 Å². The van der Waals surface area contributed by atoms with E-state index in [0.717, 1.165) is 6.92 Å². The van der Waals surface area contributed by atoms with Crippen molar-refractivity contribution in [2.75, 3.05) is 6.61 Å². The summed E-state index contributed by atoms with van der Waals surface area (Å²) in [5.41, 5.74) is 0. The molecular weight excluding hydrogens is 410 g/mol. The molecule has 13 nitrogen and oxygen atoms in total. The molecule has 1 unspecified atom stereocenters. The van der Waals surface area contributed by atoms with E-state index < -0.39 is 85.9 Å². The molecule has 0 aliphatic carbocycles. The van der Waals surface area contributed by atoms with Gasteiger partial charge in [0, 0.05) is 13.3 Å². The lowest BCUT2D eigenvalue weighted by Crippen LogP contribution is -2.68. The molecule has 13 heteroatoms. The summed E-state index contributed by atoms with van der Waals surface area (Å²) >= 11 is 0. The number of carbonyl (C=O) groups excluding carboxylic acids is 2. The van der Waals surface area contributed by atoms with Crippen LogP contribution >= 0.6 is 0 Å². The third kappa shape index (κ3) is 5.13. The molecule has 2 heterocycles. The van der Waals surface area contributed by atoms with Crippen LogP contribution in [0.1, 0.15) is 20.3 Å². The quantitative estimate of drug-likeness (QED) is 0.187. The highest BCUT2D eigenvalue weighted by atomic mass is 16.8. The molecule has 2 rings (SSSR count). The fourth-order valence-electron chi connectivity index (χ4n) is 3.45. The lowest BCUT2D eigenvalue weighted by molar-refractivity contribution is -0.373. The molecule has 0 aromatic heterocycles. The topological polar surface area (TPSA) is 215 Å². The van der Waals surface area contributed by atoms with Gasteiger partial charge in [-0.3, -0.25) is 9.59 Å². The highest BCUT2D eigenvalue weighted by Gasteiger charge is 2.55. The van der Waals surface area contributed by atoms with E-state index in [9.17, 15) is 40.2 Å². The predicted molar refractivity (Wildman–Crippen MR) is 94.1 cm³/mol. The number of aliphatic hydroxyl groups is 7. The Labute approximate surface area is 171 Å². The van der Waals surface area contributed by atoms with Gasteiger partial charge < -0.3 is 55.3 Å². The van der Waals surface area contributed by atoms with E-state index in [1.807, 2.05) is 0 Å². The minimum Gasteiger partial charge on any atom is -0.394 e. The van der Waals surface area contributed by atoms with E-state index in [-0.39, 0.29) is 0 Å². The van der Waals surface area contributed by atoms with E-state index in [1.54, 1.807) is 0 Å². The van der Waals surface area contributed by atoms with Crippen LogP contribution in [-0.4, -0.2) is 121 Å². The molecule has 0 saturated carbocycles. The molecule has 0 aromatic carbocycles. The molecule has 0 bridgehead atoms. The molecular formula is C17H28NO12. The second kappa shape index (κ2) is 9.91. The maximum atomic E-state index is 11.8. The first-order chi connectivity index (χ1) is 14.0. The van der Waals surface area contributed by atoms with E-state index in [0.29, 0.717) is 0 Å². The number of aliphatic hydroxyl groups excluding tert-OH is 7. The summed E-state index contributed by atoms with van der Waals surface area (Å²) in [5.74, 6) is -3.05. The van der Waals surface area contributed by atoms with Crippen molar-refractivity contribution in [1.29, 1.82) is 0 Å². The van der Waals surface area contributed by atoms with Crippen LogP contribution in [0, 0.1) is 0 Å². The largest absolute Gasteiger partial charge is 0.394 e. The molecule has 2 fully saturated rings. The zero-order valence-corrected chi connectivity index (χ0v) is 16.4. The maximum absolute atomic E-state index is 11.8. The molecule has 2 aliphatic heterocycles. The fourth-order valence-corrected chi connectivity index (χ4v) is 3.45. The van der Waals surface area contributed by atoms with Crippen molar-refractivity contribution in [3.63, 3.8) is 0 Å². The summed E-state index contributed by atoms with van der Waals surface area (Å²) < 4.78 is 16.1. The molecule has 11 atom stereocenters.